The van der Waals surface area contributed by atoms with Crippen LogP contribution in [-0.2, 0) is 5.60 Å². The van der Waals surface area contributed by atoms with Gasteiger partial charge in [-0.2, -0.15) is 13.2 Å². The molecule has 0 unspecified atom stereocenters. The van der Waals surface area contributed by atoms with E-state index < -0.39 is 17.3 Å². The summed E-state index contributed by atoms with van der Waals surface area (Å²) in [5.41, 5.74) is -4.09. The highest BCUT2D eigenvalue weighted by Gasteiger charge is 2.55. The lowest BCUT2D eigenvalue weighted by atomic mass is 9.94. The maximum Gasteiger partial charge on any atom is 0.433 e. The Balaban J connectivity index is 3.47. The van der Waals surface area contributed by atoms with Crippen molar-refractivity contribution in [3.05, 3.63) is 33.8 Å². The Morgan fingerprint density at radius 1 is 1.25 bits per heavy atom. The molecule has 1 rings (SSSR count). The predicted octanol–water partition coefficient (Wildman–Crippen LogP) is 3.38. The first-order valence-electron chi connectivity index (χ1n) is 3.95. The third kappa shape index (κ3) is 2.12. The average molecular weight is 269 g/mol. The summed E-state index contributed by atoms with van der Waals surface area (Å²) in [5.74, 6) is 1.29. The lowest BCUT2D eigenvalue weighted by Crippen LogP contribution is -2.41. The van der Waals surface area contributed by atoms with Gasteiger partial charge in [-0.1, -0.05) is 29.1 Å². The number of hydrogen-bond acceptors (Lipinski definition) is 1. The Hall–Kier alpha value is -0.890. The molecular weight excluding hydrogens is 264 g/mol. The fourth-order valence-electron chi connectivity index (χ4n) is 1.09. The summed E-state index contributed by atoms with van der Waals surface area (Å²) < 4.78 is 37.8. The van der Waals surface area contributed by atoms with Crippen molar-refractivity contribution < 1.29 is 18.3 Å². The van der Waals surface area contributed by atoms with Crippen LogP contribution in [0.1, 0.15) is 5.56 Å². The van der Waals surface area contributed by atoms with Crippen molar-refractivity contribution in [3.63, 3.8) is 0 Å². The van der Waals surface area contributed by atoms with Gasteiger partial charge >= 0.3 is 6.18 Å². The molecule has 0 heterocycles. The van der Waals surface area contributed by atoms with Crippen LogP contribution in [0.25, 0.3) is 0 Å². The Kier molecular flexibility index (Phi) is 3.44. The first-order valence-corrected chi connectivity index (χ1v) is 4.70. The molecule has 0 saturated heterocycles. The topological polar surface area (TPSA) is 20.2 Å². The number of aliphatic hydroxyl groups is 1. The fourth-order valence-corrected chi connectivity index (χ4v) is 1.51. The van der Waals surface area contributed by atoms with E-state index in [0.29, 0.717) is 0 Å². The van der Waals surface area contributed by atoms with Crippen LogP contribution in [0.3, 0.4) is 0 Å². The van der Waals surface area contributed by atoms with Gasteiger partial charge in [0, 0.05) is 15.6 Å². The quantitative estimate of drug-likeness (QED) is 0.775. The molecule has 0 spiro atoms. The Morgan fingerprint density at radius 2 is 1.81 bits per heavy atom. The van der Waals surface area contributed by atoms with Crippen LogP contribution in [0.4, 0.5) is 13.2 Å². The van der Waals surface area contributed by atoms with Gasteiger partial charge in [0.15, 0.2) is 0 Å². The van der Waals surface area contributed by atoms with E-state index in [1.165, 1.54) is 12.0 Å². The van der Waals surface area contributed by atoms with Gasteiger partial charge in [-0.05, 0) is 18.2 Å². The maximum absolute atomic E-state index is 12.6. The third-order valence-corrected chi connectivity index (χ3v) is 2.50. The Labute approximate surface area is 99.8 Å². The minimum Gasteiger partial charge on any atom is -0.366 e. The zero-order valence-corrected chi connectivity index (χ0v) is 9.16. The molecule has 6 heteroatoms. The molecule has 1 nitrogen and oxygen atoms in total. The summed E-state index contributed by atoms with van der Waals surface area (Å²) in [5, 5.41) is 9.12. The van der Waals surface area contributed by atoms with Crippen molar-refractivity contribution in [3.8, 4) is 12.3 Å². The Morgan fingerprint density at radius 3 is 2.25 bits per heavy atom. The molecule has 0 radical (unpaired) electrons. The second-order valence-electron chi connectivity index (χ2n) is 2.98. The van der Waals surface area contributed by atoms with Crippen LogP contribution in [0.5, 0.6) is 0 Å². The maximum atomic E-state index is 12.6. The van der Waals surface area contributed by atoms with Crippen molar-refractivity contribution >= 4 is 23.2 Å². The van der Waals surface area contributed by atoms with E-state index in [4.69, 9.17) is 29.6 Å². The predicted molar refractivity (Wildman–Crippen MR) is 55.2 cm³/mol. The second-order valence-corrected chi connectivity index (χ2v) is 3.82. The number of benzene rings is 1. The number of rotatable bonds is 1. The van der Waals surface area contributed by atoms with Crippen LogP contribution >= 0.6 is 23.2 Å². The molecule has 0 bridgehead atoms. The van der Waals surface area contributed by atoms with Crippen molar-refractivity contribution in [1.29, 1.82) is 0 Å². The normalized spacial score (nSPS) is 15.3. The molecule has 1 aromatic carbocycles. The van der Waals surface area contributed by atoms with Crippen LogP contribution in [0, 0.1) is 12.3 Å². The van der Waals surface area contributed by atoms with E-state index in [1.54, 1.807) is 0 Å². The standard InChI is InChI=1S/C10H5Cl2F3O/c1-2-9(16,10(13,14)15)7-5-6(11)3-4-8(7)12/h1,3-5,16H/t9-/m0/s1. The molecule has 1 N–H and O–H groups in total. The second kappa shape index (κ2) is 4.17. The highest BCUT2D eigenvalue weighted by Crippen LogP contribution is 2.41. The number of alkyl halides is 3. The van der Waals surface area contributed by atoms with Gasteiger partial charge in [-0.15, -0.1) is 6.42 Å². The van der Waals surface area contributed by atoms with Gasteiger partial charge in [0.1, 0.15) is 0 Å². The number of hydrogen-bond donors (Lipinski definition) is 1. The van der Waals surface area contributed by atoms with Gasteiger partial charge in [0.25, 0.3) is 0 Å². The summed E-state index contributed by atoms with van der Waals surface area (Å²) >= 11 is 11.1. The number of terminal acetylenes is 1. The third-order valence-electron chi connectivity index (χ3n) is 1.94. The van der Waals surface area contributed by atoms with Gasteiger partial charge < -0.3 is 5.11 Å². The van der Waals surface area contributed by atoms with E-state index in [0.717, 1.165) is 12.1 Å². The zero-order chi connectivity index (χ0) is 12.6. The summed E-state index contributed by atoms with van der Waals surface area (Å²) in [6.07, 6.45) is -0.309. The molecule has 16 heavy (non-hydrogen) atoms. The van der Waals surface area contributed by atoms with Crippen molar-refractivity contribution in [2.75, 3.05) is 0 Å². The molecule has 0 aliphatic heterocycles. The minimum absolute atomic E-state index is 0.00248. The first kappa shape index (κ1) is 13.2. The van der Waals surface area contributed by atoms with Gasteiger partial charge in [-0.25, -0.2) is 0 Å². The molecule has 0 amide bonds. The molecule has 0 aromatic heterocycles. The highest BCUT2D eigenvalue weighted by molar-refractivity contribution is 6.33. The molecule has 0 fully saturated rings. The summed E-state index contributed by atoms with van der Waals surface area (Å²) in [6.45, 7) is 0. The van der Waals surface area contributed by atoms with Crippen LogP contribution < -0.4 is 0 Å². The van der Waals surface area contributed by atoms with E-state index in [9.17, 15) is 18.3 Å². The van der Waals surface area contributed by atoms with E-state index in [-0.39, 0.29) is 10.0 Å². The molecule has 1 atom stereocenters. The summed E-state index contributed by atoms with van der Waals surface area (Å²) in [4.78, 5) is 0. The van der Waals surface area contributed by atoms with E-state index in [2.05, 4.69) is 0 Å². The molecular formula is C10H5Cl2F3O. The molecule has 1 aromatic rings. The Bertz CT molecular complexity index is 450. The summed E-state index contributed by atoms with van der Waals surface area (Å²) in [7, 11) is 0. The molecule has 86 valence electrons. The van der Waals surface area contributed by atoms with Crippen molar-refractivity contribution in [1.82, 2.24) is 0 Å². The van der Waals surface area contributed by atoms with Gasteiger partial charge in [0.2, 0.25) is 5.60 Å². The van der Waals surface area contributed by atoms with Crippen LogP contribution in [-0.4, -0.2) is 11.3 Å². The van der Waals surface area contributed by atoms with Crippen molar-refractivity contribution in [2.45, 2.75) is 11.8 Å². The number of halogens is 5. The minimum atomic E-state index is -5.03. The van der Waals surface area contributed by atoms with Crippen LogP contribution in [0.15, 0.2) is 18.2 Å². The molecule has 0 aliphatic carbocycles. The smallest absolute Gasteiger partial charge is 0.366 e. The largest absolute Gasteiger partial charge is 0.433 e. The first-order chi connectivity index (χ1) is 7.22. The lowest BCUT2D eigenvalue weighted by Gasteiger charge is -2.26. The van der Waals surface area contributed by atoms with Gasteiger partial charge in [0.05, 0.1) is 0 Å². The summed E-state index contributed by atoms with van der Waals surface area (Å²) in [6, 6.07) is 3.31. The van der Waals surface area contributed by atoms with E-state index >= 15 is 0 Å². The highest BCUT2D eigenvalue weighted by atomic mass is 35.5. The van der Waals surface area contributed by atoms with Gasteiger partial charge in [-0.3, -0.25) is 0 Å². The fraction of sp³-hybridized carbons (Fsp3) is 0.200. The average Bonchev–Trinajstić information content (AvgIpc) is 2.19. The molecule has 0 saturated carbocycles. The SMILES string of the molecule is C#C[C@](O)(c1cc(Cl)ccc1Cl)C(F)(F)F. The van der Waals surface area contributed by atoms with Crippen molar-refractivity contribution in [2.24, 2.45) is 0 Å². The lowest BCUT2D eigenvalue weighted by molar-refractivity contribution is -0.240. The van der Waals surface area contributed by atoms with Crippen LogP contribution in [0.2, 0.25) is 10.0 Å². The van der Waals surface area contributed by atoms with E-state index in [1.807, 2.05) is 0 Å². The molecule has 0 aliphatic rings. The monoisotopic (exact) mass is 268 g/mol. The zero-order valence-electron chi connectivity index (χ0n) is 7.65.